The van der Waals surface area contributed by atoms with Crippen LogP contribution in [0.3, 0.4) is 0 Å². The van der Waals surface area contributed by atoms with E-state index in [0.717, 1.165) is 6.42 Å². The first-order valence-electron chi connectivity index (χ1n) is 2.98. The number of nitrogens with one attached hydrogen (secondary N) is 1. The second-order valence-electron chi connectivity index (χ2n) is 2.21. The van der Waals surface area contributed by atoms with E-state index in [1.807, 2.05) is 14.0 Å². The third kappa shape index (κ3) is 4.41. The standard InChI is InChI=1S/C6H14ClN/c1-5(7)4-6(2)8-3/h5-6,8H,4H2,1-3H3. The molecule has 0 heterocycles. The fraction of sp³-hybridized carbons (Fsp3) is 1.00. The molecule has 8 heavy (non-hydrogen) atoms. The van der Waals surface area contributed by atoms with Crippen LogP contribution in [0.2, 0.25) is 0 Å². The second-order valence-corrected chi connectivity index (χ2v) is 2.95. The molecule has 2 heteroatoms. The van der Waals surface area contributed by atoms with Gasteiger partial charge in [-0.1, -0.05) is 0 Å². The van der Waals surface area contributed by atoms with E-state index < -0.39 is 0 Å². The van der Waals surface area contributed by atoms with Gasteiger partial charge in [0.25, 0.3) is 0 Å². The molecule has 2 unspecified atom stereocenters. The minimum absolute atomic E-state index is 0.289. The fourth-order valence-corrected chi connectivity index (χ4v) is 0.872. The molecule has 0 aliphatic carbocycles. The molecule has 1 N–H and O–H groups in total. The van der Waals surface area contributed by atoms with Crippen LogP contribution in [-0.4, -0.2) is 18.5 Å². The van der Waals surface area contributed by atoms with Crippen molar-refractivity contribution in [1.82, 2.24) is 5.32 Å². The Morgan fingerprint density at radius 3 is 2.12 bits per heavy atom. The van der Waals surface area contributed by atoms with E-state index in [1.54, 1.807) is 0 Å². The highest BCUT2D eigenvalue weighted by atomic mass is 35.5. The van der Waals surface area contributed by atoms with Crippen molar-refractivity contribution in [3.8, 4) is 0 Å². The average molecular weight is 136 g/mol. The highest BCUT2D eigenvalue weighted by Gasteiger charge is 2.01. The molecule has 1 nitrogen and oxygen atoms in total. The van der Waals surface area contributed by atoms with Crippen LogP contribution >= 0.6 is 11.6 Å². The molecule has 0 aromatic rings. The maximum Gasteiger partial charge on any atom is 0.0322 e. The molecule has 0 saturated heterocycles. The lowest BCUT2D eigenvalue weighted by Gasteiger charge is -2.09. The predicted octanol–water partition coefficient (Wildman–Crippen LogP) is 1.61. The van der Waals surface area contributed by atoms with Gasteiger partial charge < -0.3 is 5.32 Å². The van der Waals surface area contributed by atoms with Gasteiger partial charge >= 0.3 is 0 Å². The van der Waals surface area contributed by atoms with Crippen LogP contribution in [0.15, 0.2) is 0 Å². The largest absolute Gasteiger partial charge is 0.317 e. The molecule has 0 bridgehead atoms. The molecule has 0 saturated carbocycles. The number of alkyl halides is 1. The molecule has 50 valence electrons. The van der Waals surface area contributed by atoms with E-state index in [9.17, 15) is 0 Å². The van der Waals surface area contributed by atoms with Crippen molar-refractivity contribution in [2.45, 2.75) is 31.7 Å². The van der Waals surface area contributed by atoms with Gasteiger partial charge in [-0.05, 0) is 27.3 Å². The predicted molar refractivity (Wildman–Crippen MR) is 38.5 cm³/mol. The molecule has 0 amide bonds. The molecule has 0 spiro atoms. The minimum atomic E-state index is 0.289. The SMILES string of the molecule is CNC(C)CC(C)Cl. The Morgan fingerprint density at radius 1 is 1.50 bits per heavy atom. The third-order valence-electron chi connectivity index (χ3n) is 1.17. The summed E-state index contributed by atoms with van der Waals surface area (Å²) in [6, 6.07) is 0.544. The second kappa shape index (κ2) is 4.16. The summed E-state index contributed by atoms with van der Waals surface area (Å²) in [6.45, 7) is 4.13. The Kier molecular flexibility index (Phi) is 4.29. The Morgan fingerprint density at radius 2 is 2.00 bits per heavy atom. The first-order valence-corrected chi connectivity index (χ1v) is 3.41. The summed E-state index contributed by atoms with van der Waals surface area (Å²) in [6.07, 6.45) is 1.04. The summed E-state index contributed by atoms with van der Waals surface area (Å²) < 4.78 is 0. The molecule has 0 aliphatic rings. The van der Waals surface area contributed by atoms with Gasteiger partial charge in [0.1, 0.15) is 0 Å². The van der Waals surface area contributed by atoms with Gasteiger partial charge in [0.05, 0.1) is 0 Å². The summed E-state index contributed by atoms with van der Waals surface area (Å²) in [4.78, 5) is 0. The van der Waals surface area contributed by atoms with Crippen molar-refractivity contribution >= 4 is 11.6 Å². The normalized spacial score (nSPS) is 18.0. The van der Waals surface area contributed by atoms with Crippen LogP contribution in [0, 0.1) is 0 Å². The van der Waals surface area contributed by atoms with Gasteiger partial charge in [0.2, 0.25) is 0 Å². The van der Waals surface area contributed by atoms with Crippen molar-refractivity contribution in [2.75, 3.05) is 7.05 Å². The van der Waals surface area contributed by atoms with Crippen LogP contribution in [-0.2, 0) is 0 Å². The lowest BCUT2D eigenvalue weighted by molar-refractivity contribution is 0.561. The van der Waals surface area contributed by atoms with Gasteiger partial charge in [-0.25, -0.2) is 0 Å². The minimum Gasteiger partial charge on any atom is -0.317 e. The zero-order valence-corrected chi connectivity index (χ0v) is 6.50. The molecule has 0 aromatic carbocycles. The summed E-state index contributed by atoms with van der Waals surface area (Å²) in [5, 5.41) is 3.40. The number of hydrogen-bond donors (Lipinski definition) is 1. The van der Waals surface area contributed by atoms with Crippen molar-refractivity contribution in [3.63, 3.8) is 0 Å². The van der Waals surface area contributed by atoms with Crippen molar-refractivity contribution in [3.05, 3.63) is 0 Å². The van der Waals surface area contributed by atoms with Crippen molar-refractivity contribution in [2.24, 2.45) is 0 Å². The summed E-state index contributed by atoms with van der Waals surface area (Å²) in [5.41, 5.74) is 0. The van der Waals surface area contributed by atoms with E-state index in [1.165, 1.54) is 0 Å². The quantitative estimate of drug-likeness (QED) is 0.580. The Balaban J connectivity index is 3.10. The molecule has 0 rings (SSSR count). The first kappa shape index (κ1) is 8.25. The van der Waals surface area contributed by atoms with Gasteiger partial charge in [-0.2, -0.15) is 0 Å². The average Bonchev–Trinajstić information content (AvgIpc) is 1.65. The fourth-order valence-electron chi connectivity index (χ4n) is 0.605. The Bertz CT molecular complexity index is 54.5. The van der Waals surface area contributed by atoms with Crippen molar-refractivity contribution < 1.29 is 0 Å². The van der Waals surface area contributed by atoms with Gasteiger partial charge in [0, 0.05) is 11.4 Å². The lowest BCUT2D eigenvalue weighted by Crippen LogP contribution is -2.23. The van der Waals surface area contributed by atoms with Crippen LogP contribution < -0.4 is 5.32 Å². The molecule has 0 radical (unpaired) electrons. The molecule has 0 fully saturated rings. The zero-order chi connectivity index (χ0) is 6.57. The van der Waals surface area contributed by atoms with E-state index in [2.05, 4.69) is 12.2 Å². The number of hydrogen-bond acceptors (Lipinski definition) is 1. The highest BCUT2D eigenvalue weighted by Crippen LogP contribution is 2.02. The topological polar surface area (TPSA) is 12.0 Å². The summed E-state index contributed by atoms with van der Waals surface area (Å²) in [5.74, 6) is 0. The molecule has 2 atom stereocenters. The van der Waals surface area contributed by atoms with E-state index in [0.29, 0.717) is 6.04 Å². The lowest BCUT2D eigenvalue weighted by atomic mass is 10.2. The van der Waals surface area contributed by atoms with Crippen LogP contribution in [0.4, 0.5) is 0 Å². The van der Waals surface area contributed by atoms with Gasteiger partial charge in [-0.3, -0.25) is 0 Å². The number of halogens is 1. The van der Waals surface area contributed by atoms with Crippen LogP contribution in [0.5, 0.6) is 0 Å². The van der Waals surface area contributed by atoms with Gasteiger partial charge in [-0.15, -0.1) is 11.6 Å². The molecule has 0 aliphatic heterocycles. The third-order valence-corrected chi connectivity index (χ3v) is 1.35. The Labute approximate surface area is 56.4 Å². The van der Waals surface area contributed by atoms with E-state index in [4.69, 9.17) is 11.6 Å². The Hall–Kier alpha value is 0.250. The maximum atomic E-state index is 5.71. The highest BCUT2D eigenvalue weighted by molar-refractivity contribution is 6.20. The number of rotatable bonds is 3. The summed E-state index contributed by atoms with van der Waals surface area (Å²) >= 11 is 5.71. The first-order chi connectivity index (χ1) is 3.66. The summed E-state index contributed by atoms with van der Waals surface area (Å²) in [7, 11) is 1.95. The van der Waals surface area contributed by atoms with Crippen LogP contribution in [0.1, 0.15) is 20.3 Å². The van der Waals surface area contributed by atoms with E-state index in [-0.39, 0.29) is 5.38 Å². The maximum absolute atomic E-state index is 5.71. The smallest absolute Gasteiger partial charge is 0.0322 e. The molecular weight excluding hydrogens is 122 g/mol. The van der Waals surface area contributed by atoms with E-state index >= 15 is 0 Å². The van der Waals surface area contributed by atoms with Crippen LogP contribution in [0.25, 0.3) is 0 Å². The zero-order valence-electron chi connectivity index (χ0n) is 5.74. The molecular formula is C6H14ClN. The van der Waals surface area contributed by atoms with Crippen molar-refractivity contribution in [1.29, 1.82) is 0 Å². The monoisotopic (exact) mass is 135 g/mol. The van der Waals surface area contributed by atoms with Gasteiger partial charge in [0.15, 0.2) is 0 Å². The molecule has 0 aromatic heterocycles.